The summed E-state index contributed by atoms with van der Waals surface area (Å²) in [7, 11) is 0. The van der Waals surface area contributed by atoms with E-state index in [1.165, 1.54) is 0 Å². The predicted molar refractivity (Wildman–Crippen MR) is 87.4 cm³/mol. The van der Waals surface area contributed by atoms with Crippen molar-refractivity contribution in [2.75, 3.05) is 0 Å². The van der Waals surface area contributed by atoms with Crippen LogP contribution in [-0.2, 0) is 4.74 Å². The second-order valence-corrected chi connectivity index (χ2v) is 7.12. The maximum Gasteiger partial charge on any atom is 0.419 e. The van der Waals surface area contributed by atoms with Crippen LogP contribution in [0.15, 0.2) is 18.3 Å². The lowest BCUT2D eigenvalue weighted by Gasteiger charge is -2.19. The molecule has 0 saturated carbocycles. The van der Waals surface area contributed by atoms with Crippen molar-refractivity contribution in [1.82, 2.24) is 4.57 Å². The molecule has 0 amide bonds. The number of ether oxygens (including phenoxy) is 1. The SMILES string of the molecule is Cc1cc2c(cc1Cl)c(C(C)C)cn2C(=O)OC(C)(C)C. The van der Waals surface area contributed by atoms with Crippen LogP contribution in [0, 0.1) is 6.92 Å². The largest absolute Gasteiger partial charge is 0.443 e. The molecule has 0 unspecified atom stereocenters. The molecule has 3 nitrogen and oxygen atoms in total. The van der Waals surface area contributed by atoms with Gasteiger partial charge in [0.1, 0.15) is 5.60 Å². The van der Waals surface area contributed by atoms with Crippen molar-refractivity contribution in [2.45, 2.75) is 53.1 Å². The topological polar surface area (TPSA) is 31.2 Å². The maximum atomic E-state index is 12.4. The molecule has 1 aromatic heterocycles. The van der Waals surface area contributed by atoms with Gasteiger partial charge in [-0.3, -0.25) is 4.57 Å². The van der Waals surface area contributed by atoms with Gasteiger partial charge in [-0.1, -0.05) is 25.4 Å². The van der Waals surface area contributed by atoms with Crippen LogP contribution in [0.3, 0.4) is 0 Å². The molecule has 0 aliphatic rings. The van der Waals surface area contributed by atoms with Gasteiger partial charge in [0.15, 0.2) is 0 Å². The van der Waals surface area contributed by atoms with Gasteiger partial charge < -0.3 is 4.74 Å². The second-order valence-electron chi connectivity index (χ2n) is 6.71. The fourth-order valence-corrected chi connectivity index (χ4v) is 2.46. The maximum absolute atomic E-state index is 12.4. The van der Waals surface area contributed by atoms with Gasteiger partial charge in [-0.15, -0.1) is 0 Å². The highest BCUT2D eigenvalue weighted by Crippen LogP contribution is 2.32. The molecule has 1 aromatic carbocycles. The zero-order valence-electron chi connectivity index (χ0n) is 13.5. The minimum Gasteiger partial charge on any atom is -0.443 e. The number of carbonyl (C=O) groups excluding carboxylic acids is 1. The van der Waals surface area contributed by atoms with Crippen molar-refractivity contribution in [3.05, 3.63) is 34.5 Å². The van der Waals surface area contributed by atoms with Gasteiger partial charge in [0, 0.05) is 16.6 Å². The summed E-state index contributed by atoms with van der Waals surface area (Å²) in [5.74, 6) is 0.301. The van der Waals surface area contributed by atoms with E-state index < -0.39 is 5.60 Å². The zero-order valence-corrected chi connectivity index (χ0v) is 14.2. The molecule has 0 aliphatic heterocycles. The third kappa shape index (κ3) is 3.24. The molecule has 1 heterocycles. The first-order valence-corrected chi connectivity index (χ1v) is 7.52. The quantitative estimate of drug-likeness (QED) is 0.695. The van der Waals surface area contributed by atoms with Crippen molar-refractivity contribution in [2.24, 2.45) is 0 Å². The first-order valence-electron chi connectivity index (χ1n) is 7.14. The number of halogens is 1. The minimum absolute atomic E-state index is 0.301. The summed E-state index contributed by atoms with van der Waals surface area (Å²) in [5, 5.41) is 1.72. The molecule has 2 aromatic rings. The zero-order chi connectivity index (χ0) is 15.9. The number of aryl methyl sites for hydroxylation is 1. The summed E-state index contributed by atoms with van der Waals surface area (Å²) >= 11 is 6.23. The Hall–Kier alpha value is -1.48. The van der Waals surface area contributed by atoms with E-state index in [0.717, 1.165) is 22.0 Å². The van der Waals surface area contributed by atoms with Crippen LogP contribution in [0.5, 0.6) is 0 Å². The van der Waals surface area contributed by atoms with E-state index >= 15 is 0 Å². The molecule has 2 rings (SSSR count). The van der Waals surface area contributed by atoms with Crippen molar-refractivity contribution >= 4 is 28.6 Å². The lowest BCUT2D eigenvalue weighted by atomic mass is 10.0. The number of carbonyl (C=O) groups is 1. The molecule has 0 bridgehead atoms. The molecule has 0 aliphatic carbocycles. The van der Waals surface area contributed by atoms with E-state index in [1.54, 1.807) is 4.57 Å². The number of aromatic nitrogens is 1. The summed E-state index contributed by atoms with van der Waals surface area (Å²) in [6.07, 6.45) is 1.50. The number of hydrogen-bond acceptors (Lipinski definition) is 2. The van der Waals surface area contributed by atoms with Crippen LogP contribution < -0.4 is 0 Å². The second kappa shape index (κ2) is 5.38. The molecule has 0 saturated heterocycles. The van der Waals surface area contributed by atoms with Crippen molar-refractivity contribution < 1.29 is 9.53 Å². The van der Waals surface area contributed by atoms with Gasteiger partial charge in [0.05, 0.1) is 5.52 Å². The number of nitrogens with zero attached hydrogens (tertiary/aromatic N) is 1. The summed E-state index contributed by atoms with van der Waals surface area (Å²) in [6, 6.07) is 3.87. The highest BCUT2D eigenvalue weighted by molar-refractivity contribution is 6.32. The highest BCUT2D eigenvalue weighted by atomic mass is 35.5. The van der Waals surface area contributed by atoms with Gasteiger partial charge in [0.25, 0.3) is 0 Å². The van der Waals surface area contributed by atoms with Crippen LogP contribution in [0.1, 0.15) is 51.7 Å². The molecule has 0 spiro atoms. The number of rotatable bonds is 1. The van der Waals surface area contributed by atoms with Crippen LogP contribution in [0.25, 0.3) is 10.9 Å². The van der Waals surface area contributed by atoms with E-state index in [9.17, 15) is 4.79 Å². The van der Waals surface area contributed by atoms with E-state index in [4.69, 9.17) is 16.3 Å². The molecular formula is C17H22ClNO2. The first-order chi connectivity index (χ1) is 9.60. The first kappa shape index (κ1) is 15.9. The van der Waals surface area contributed by atoms with Crippen LogP contribution in [0.4, 0.5) is 4.79 Å². The summed E-state index contributed by atoms with van der Waals surface area (Å²) in [6.45, 7) is 11.7. The Morgan fingerprint density at radius 2 is 1.90 bits per heavy atom. The summed E-state index contributed by atoms with van der Waals surface area (Å²) in [4.78, 5) is 12.4. The average molecular weight is 308 g/mol. The van der Waals surface area contributed by atoms with E-state index in [2.05, 4.69) is 13.8 Å². The third-order valence-corrected chi connectivity index (χ3v) is 3.74. The van der Waals surface area contributed by atoms with Crippen molar-refractivity contribution in [3.8, 4) is 0 Å². The number of benzene rings is 1. The Labute approximate surface area is 130 Å². The van der Waals surface area contributed by atoms with Gasteiger partial charge in [-0.25, -0.2) is 4.79 Å². The number of fused-ring (bicyclic) bond motifs is 1. The molecule has 21 heavy (non-hydrogen) atoms. The lowest BCUT2D eigenvalue weighted by molar-refractivity contribution is 0.0544. The van der Waals surface area contributed by atoms with Crippen LogP contribution >= 0.6 is 11.6 Å². The van der Waals surface area contributed by atoms with Crippen molar-refractivity contribution in [3.63, 3.8) is 0 Å². The molecular weight excluding hydrogens is 286 g/mol. The van der Waals surface area contributed by atoms with Crippen LogP contribution in [-0.4, -0.2) is 16.3 Å². The molecule has 114 valence electrons. The van der Waals surface area contributed by atoms with Gasteiger partial charge in [-0.2, -0.15) is 0 Å². The minimum atomic E-state index is -0.521. The Morgan fingerprint density at radius 3 is 2.43 bits per heavy atom. The van der Waals surface area contributed by atoms with E-state index in [0.29, 0.717) is 10.9 Å². The van der Waals surface area contributed by atoms with Crippen LogP contribution in [0.2, 0.25) is 5.02 Å². The molecule has 0 N–H and O–H groups in total. The lowest BCUT2D eigenvalue weighted by Crippen LogP contribution is -2.26. The van der Waals surface area contributed by atoms with Gasteiger partial charge in [-0.05, 0) is 56.9 Å². The monoisotopic (exact) mass is 307 g/mol. The fourth-order valence-electron chi connectivity index (χ4n) is 2.30. The Morgan fingerprint density at radius 1 is 1.29 bits per heavy atom. The Kier molecular flexibility index (Phi) is 4.07. The van der Waals surface area contributed by atoms with Gasteiger partial charge >= 0.3 is 6.09 Å². The fraction of sp³-hybridized carbons (Fsp3) is 0.471. The average Bonchev–Trinajstić information content (AvgIpc) is 2.66. The molecule has 0 fully saturated rings. The standard InChI is InChI=1S/C17H22ClNO2/c1-10(2)13-9-19(16(20)21-17(4,5)6)15-7-11(3)14(18)8-12(13)15/h7-10H,1-6H3. The van der Waals surface area contributed by atoms with Gasteiger partial charge in [0.2, 0.25) is 0 Å². The highest BCUT2D eigenvalue weighted by Gasteiger charge is 2.22. The normalized spacial score (nSPS) is 12.2. The molecule has 4 heteroatoms. The van der Waals surface area contributed by atoms with Crippen molar-refractivity contribution in [1.29, 1.82) is 0 Å². The summed E-state index contributed by atoms with van der Waals surface area (Å²) in [5.41, 5.74) is 2.36. The smallest absolute Gasteiger partial charge is 0.419 e. The Bertz CT molecular complexity index is 693. The Balaban J connectivity index is 2.64. The van der Waals surface area contributed by atoms with E-state index in [1.807, 2.05) is 46.0 Å². The third-order valence-electron chi connectivity index (χ3n) is 3.33. The molecule has 0 radical (unpaired) electrons. The molecule has 0 atom stereocenters. The number of hydrogen-bond donors (Lipinski definition) is 0. The van der Waals surface area contributed by atoms with E-state index in [-0.39, 0.29) is 6.09 Å². The summed E-state index contributed by atoms with van der Waals surface area (Å²) < 4.78 is 7.07. The predicted octanol–water partition coefficient (Wildman–Crippen LogP) is 5.51.